The van der Waals surface area contributed by atoms with Crippen LogP contribution in [0.2, 0.25) is 0 Å². The van der Waals surface area contributed by atoms with E-state index in [4.69, 9.17) is 10.5 Å². The smallest absolute Gasteiger partial charge is 0.410 e. The lowest BCUT2D eigenvalue weighted by molar-refractivity contribution is -0.145. The van der Waals surface area contributed by atoms with Gasteiger partial charge in [0.15, 0.2) is 0 Å². The Bertz CT molecular complexity index is 414. The fourth-order valence-electron chi connectivity index (χ4n) is 2.61. The SMILES string of the molecule is CC1(C)CCN(C(=O)OC(C)(C)C)CCC(N)(C(=O)O)C1. The number of likely N-dealkylation sites (tertiary alicyclic amines) is 1. The minimum atomic E-state index is -1.30. The summed E-state index contributed by atoms with van der Waals surface area (Å²) in [5.41, 5.74) is 3.95. The molecule has 6 nitrogen and oxygen atoms in total. The first-order valence-electron chi connectivity index (χ1n) is 7.35. The third-order valence-electron chi connectivity index (χ3n) is 3.76. The molecule has 0 spiro atoms. The highest BCUT2D eigenvalue weighted by molar-refractivity contribution is 5.78. The summed E-state index contributed by atoms with van der Waals surface area (Å²) in [6.45, 7) is 10.2. The van der Waals surface area contributed by atoms with E-state index < -0.39 is 23.2 Å². The molecule has 1 fully saturated rings. The summed E-state index contributed by atoms with van der Waals surface area (Å²) in [6.07, 6.45) is 0.911. The van der Waals surface area contributed by atoms with Crippen LogP contribution in [0.3, 0.4) is 0 Å². The van der Waals surface area contributed by atoms with Crippen molar-refractivity contribution in [1.82, 2.24) is 4.90 Å². The van der Waals surface area contributed by atoms with Crippen molar-refractivity contribution in [2.45, 2.75) is 65.0 Å². The molecule has 1 rings (SSSR count). The van der Waals surface area contributed by atoms with Gasteiger partial charge in [-0.3, -0.25) is 4.79 Å². The maximum absolute atomic E-state index is 12.2. The predicted octanol–water partition coefficient (Wildman–Crippen LogP) is 2.22. The molecule has 0 aromatic carbocycles. The molecule has 0 bridgehead atoms. The van der Waals surface area contributed by atoms with Crippen LogP contribution in [0.4, 0.5) is 4.79 Å². The number of carbonyl (C=O) groups is 2. The Hall–Kier alpha value is -1.30. The Morgan fingerprint density at radius 2 is 1.71 bits per heavy atom. The molecular formula is C15H28N2O4. The van der Waals surface area contributed by atoms with Crippen LogP contribution in [0.5, 0.6) is 0 Å². The van der Waals surface area contributed by atoms with Crippen LogP contribution >= 0.6 is 0 Å². The lowest BCUT2D eigenvalue weighted by Gasteiger charge is -2.40. The molecule has 6 heteroatoms. The zero-order valence-electron chi connectivity index (χ0n) is 13.7. The summed E-state index contributed by atoms with van der Waals surface area (Å²) in [6, 6.07) is 0. The topological polar surface area (TPSA) is 92.9 Å². The van der Waals surface area contributed by atoms with E-state index in [0.29, 0.717) is 25.9 Å². The number of carboxylic acids is 1. The number of hydrogen-bond acceptors (Lipinski definition) is 4. The molecule has 0 aromatic rings. The number of rotatable bonds is 1. The highest BCUT2D eigenvalue weighted by Gasteiger charge is 2.42. The zero-order valence-corrected chi connectivity index (χ0v) is 13.7. The number of carbonyl (C=O) groups excluding carboxylic acids is 1. The van der Waals surface area contributed by atoms with Gasteiger partial charge in [0.2, 0.25) is 0 Å². The average molecular weight is 300 g/mol. The van der Waals surface area contributed by atoms with Crippen molar-refractivity contribution < 1.29 is 19.4 Å². The van der Waals surface area contributed by atoms with Crippen LogP contribution in [-0.2, 0) is 9.53 Å². The van der Waals surface area contributed by atoms with Crippen molar-refractivity contribution >= 4 is 12.1 Å². The van der Waals surface area contributed by atoms with E-state index in [1.807, 2.05) is 34.6 Å². The number of ether oxygens (including phenoxy) is 1. The first-order chi connectivity index (χ1) is 9.35. The van der Waals surface area contributed by atoms with Gasteiger partial charge in [-0.25, -0.2) is 4.79 Å². The van der Waals surface area contributed by atoms with E-state index in [1.54, 1.807) is 4.90 Å². The second-order valence-corrected chi connectivity index (χ2v) is 7.77. The number of amides is 1. The van der Waals surface area contributed by atoms with Crippen LogP contribution in [-0.4, -0.2) is 46.3 Å². The molecule has 1 amide bonds. The number of aliphatic carboxylic acids is 1. The Balaban J connectivity index is 2.88. The largest absolute Gasteiger partial charge is 0.480 e. The highest BCUT2D eigenvalue weighted by Crippen LogP contribution is 2.34. The predicted molar refractivity (Wildman–Crippen MR) is 80.0 cm³/mol. The summed E-state index contributed by atoms with van der Waals surface area (Å²) in [5.74, 6) is -1.01. The summed E-state index contributed by atoms with van der Waals surface area (Å²) in [4.78, 5) is 25.2. The number of hydrogen-bond donors (Lipinski definition) is 2. The molecule has 3 N–H and O–H groups in total. The highest BCUT2D eigenvalue weighted by atomic mass is 16.6. The lowest BCUT2D eigenvalue weighted by Crippen LogP contribution is -2.55. The minimum Gasteiger partial charge on any atom is -0.480 e. The van der Waals surface area contributed by atoms with E-state index >= 15 is 0 Å². The normalized spacial score (nSPS) is 26.7. The van der Waals surface area contributed by atoms with Crippen molar-refractivity contribution in [3.63, 3.8) is 0 Å². The molecule has 0 saturated carbocycles. The van der Waals surface area contributed by atoms with Gasteiger partial charge in [-0.2, -0.15) is 0 Å². The molecule has 1 heterocycles. The van der Waals surface area contributed by atoms with Crippen molar-refractivity contribution in [2.24, 2.45) is 11.1 Å². The molecule has 1 aliphatic heterocycles. The van der Waals surface area contributed by atoms with E-state index in [9.17, 15) is 14.7 Å². The standard InChI is InChI=1S/C15H28N2O4/c1-13(2,3)21-12(20)17-8-6-14(4,5)10-15(16,7-9-17)11(18)19/h6-10,16H2,1-5H3,(H,18,19). The summed E-state index contributed by atoms with van der Waals surface area (Å²) < 4.78 is 5.37. The first kappa shape index (κ1) is 17.8. The Morgan fingerprint density at radius 3 is 2.19 bits per heavy atom. The van der Waals surface area contributed by atoms with Crippen LogP contribution in [0.1, 0.15) is 53.9 Å². The van der Waals surface area contributed by atoms with Crippen LogP contribution in [0, 0.1) is 5.41 Å². The van der Waals surface area contributed by atoms with Gasteiger partial charge in [0.25, 0.3) is 0 Å². The van der Waals surface area contributed by atoms with Crippen molar-refractivity contribution in [1.29, 1.82) is 0 Å². The van der Waals surface area contributed by atoms with Gasteiger partial charge in [0.1, 0.15) is 11.1 Å². The summed E-state index contributed by atoms with van der Waals surface area (Å²) in [5, 5.41) is 9.40. The Labute approximate surface area is 126 Å². The Morgan fingerprint density at radius 1 is 1.19 bits per heavy atom. The maximum Gasteiger partial charge on any atom is 0.410 e. The molecule has 1 aliphatic rings. The van der Waals surface area contributed by atoms with Crippen LogP contribution in [0.25, 0.3) is 0 Å². The third-order valence-corrected chi connectivity index (χ3v) is 3.76. The molecule has 1 unspecified atom stereocenters. The van der Waals surface area contributed by atoms with Crippen molar-refractivity contribution in [3.05, 3.63) is 0 Å². The van der Waals surface area contributed by atoms with Gasteiger partial charge in [0.05, 0.1) is 0 Å². The molecule has 1 atom stereocenters. The minimum absolute atomic E-state index is 0.227. The van der Waals surface area contributed by atoms with Crippen LogP contribution < -0.4 is 5.73 Å². The number of nitrogens with zero attached hydrogens (tertiary/aromatic N) is 1. The third kappa shape index (κ3) is 5.19. The van der Waals surface area contributed by atoms with Gasteiger partial charge in [-0.15, -0.1) is 0 Å². The fourth-order valence-corrected chi connectivity index (χ4v) is 2.61. The summed E-state index contributed by atoms with van der Waals surface area (Å²) >= 11 is 0. The first-order valence-corrected chi connectivity index (χ1v) is 7.35. The van der Waals surface area contributed by atoms with E-state index in [-0.39, 0.29) is 11.8 Å². The monoisotopic (exact) mass is 300 g/mol. The van der Waals surface area contributed by atoms with Gasteiger partial charge < -0.3 is 20.5 Å². The number of carboxylic acid groups (broad SMARTS) is 1. The quantitative estimate of drug-likeness (QED) is 0.774. The average Bonchev–Trinajstić information content (AvgIpc) is 2.23. The maximum atomic E-state index is 12.2. The fraction of sp³-hybridized carbons (Fsp3) is 0.867. The molecule has 21 heavy (non-hydrogen) atoms. The van der Waals surface area contributed by atoms with Gasteiger partial charge in [-0.1, -0.05) is 13.8 Å². The Kier molecular flexibility index (Phi) is 4.93. The molecule has 122 valence electrons. The number of nitrogens with two attached hydrogens (primary N) is 1. The van der Waals surface area contributed by atoms with E-state index in [1.165, 1.54) is 0 Å². The van der Waals surface area contributed by atoms with E-state index in [2.05, 4.69) is 0 Å². The van der Waals surface area contributed by atoms with E-state index in [0.717, 1.165) is 0 Å². The molecule has 0 radical (unpaired) electrons. The van der Waals surface area contributed by atoms with Gasteiger partial charge in [-0.05, 0) is 45.4 Å². The molecule has 0 aromatic heterocycles. The lowest BCUT2D eigenvalue weighted by atomic mass is 9.74. The van der Waals surface area contributed by atoms with Crippen LogP contribution in [0.15, 0.2) is 0 Å². The van der Waals surface area contributed by atoms with Crippen molar-refractivity contribution in [2.75, 3.05) is 13.1 Å². The van der Waals surface area contributed by atoms with Gasteiger partial charge in [0, 0.05) is 13.1 Å². The molecule has 1 saturated heterocycles. The van der Waals surface area contributed by atoms with Gasteiger partial charge >= 0.3 is 12.1 Å². The van der Waals surface area contributed by atoms with Crippen molar-refractivity contribution in [3.8, 4) is 0 Å². The summed E-state index contributed by atoms with van der Waals surface area (Å²) in [7, 11) is 0. The molecule has 0 aliphatic carbocycles. The zero-order chi connectivity index (χ0) is 16.5. The molecular weight excluding hydrogens is 272 g/mol. The second kappa shape index (κ2) is 5.83. The second-order valence-electron chi connectivity index (χ2n) is 7.77.